The summed E-state index contributed by atoms with van der Waals surface area (Å²) in [5, 5.41) is 2.98. The van der Waals surface area contributed by atoms with Gasteiger partial charge >= 0.3 is 0 Å². The van der Waals surface area contributed by atoms with Crippen LogP contribution in [0.25, 0.3) is 0 Å². The SMILES string of the molecule is CCc1cccc(C)c1N(Cc1ccc(C(=O)NC[C@H](C)c2ccccc2)cc1)S(C)(=O)=O. The van der Waals surface area contributed by atoms with Gasteiger partial charge in [0.15, 0.2) is 0 Å². The highest BCUT2D eigenvalue weighted by Gasteiger charge is 2.22. The lowest BCUT2D eigenvalue weighted by Gasteiger charge is -2.27. The Morgan fingerprint density at radius 2 is 1.64 bits per heavy atom. The minimum Gasteiger partial charge on any atom is -0.351 e. The number of aryl methyl sites for hydroxylation is 2. The van der Waals surface area contributed by atoms with Gasteiger partial charge in [-0.15, -0.1) is 0 Å². The molecule has 0 aliphatic rings. The summed E-state index contributed by atoms with van der Waals surface area (Å²) in [6.07, 6.45) is 1.97. The molecule has 0 spiro atoms. The van der Waals surface area contributed by atoms with Crippen LogP contribution in [-0.2, 0) is 23.0 Å². The second-order valence-electron chi connectivity index (χ2n) is 8.42. The van der Waals surface area contributed by atoms with Crippen LogP contribution in [0.15, 0.2) is 72.8 Å². The molecular formula is C27H32N2O3S. The monoisotopic (exact) mass is 464 g/mol. The highest BCUT2D eigenvalue weighted by atomic mass is 32.2. The third-order valence-electron chi connectivity index (χ3n) is 5.83. The minimum absolute atomic E-state index is 0.142. The van der Waals surface area contributed by atoms with Gasteiger partial charge in [0.2, 0.25) is 10.0 Å². The van der Waals surface area contributed by atoms with Crippen LogP contribution >= 0.6 is 0 Å². The first kappa shape index (κ1) is 24.5. The van der Waals surface area contributed by atoms with Crippen molar-refractivity contribution in [1.82, 2.24) is 5.32 Å². The van der Waals surface area contributed by atoms with Crippen LogP contribution in [0.4, 0.5) is 5.69 Å². The van der Waals surface area contributed by atoms with Gasteiger partial charge in [0.05, 0.1) is 18.5 Å². The van der Waals surface area contributed by atoms with Crippen LogP contribution in [0, 0.1) is 6.92 Å². The summed E-state index contributed by atoms with van der Waals surface area (Å²) in [5.41, 5.74) is 5.19. The first-order chi connectivity index (χ1) is 15.7. The molecule has 1 atom stereocenters. The molecule has 174 valence electrons. The largest absolute Gasteiger partial charge is 0.351 e. The summed E-state index contributed by atoms with van der Waals surface area (Å²) in [6.45, 7) is 6.78. The molecule has 0 bridgehead atoms. The number of rotatable bonds is 9. The van der Waals surface area contributed by atoms with Crippen molar-refractivity contribution in [3.05, 3.63) is 101 Å². The molecule has 5 nitrogen and oxygen atoms in total. The van der Waals surface area contributed by atoms with Crippen molar-refractivity contribution in [2.45, 2.75) is 39.7 Å². The van der Waals surface area contributed by atoms with Gasteiger partial charge in [0, 0.05) is 12.1 Å². The van der Waals surface area contributed by atoms with Crippen LogP contribution in [0.5, 0.6) is 0 Å². The number of carbonyl (C=O) groups excluding carboxylic acids is 1. The van der Waals surface area contributed by atoms with E-state index in [0.717, 1.165) is 28.8 Å². The van der Waals surface area contributed by atoms with Gasteiger partial charge in [-0.05, 0) is 53.6 Å². The van der Waals surface area contributed by atoms with E-state index in [1.165, 1.54) is 16.1 Å². The molecule has 33 heavy (non-hydrogen) atoms. The average Bonchev–Trinajstić information content (AvgIpc) is 2.81. The van der Waals surface area contributed by atoms with Gasteiger partial charge in [-0.2, -0.15) is 0 Å². The second-order valence-corrected chi connectivity index (χ2v) is 10.3. The molecule has 0 radical (unpaired) electrons. The van der Waals surface area contributed by atoms with E-state index >= 15 is 0 Å². The Kier molecular flexibility index (Phi) is 7.92. The van der Waals surface area contributed by atoms with Gasteiger partial charge in [-0.1, -0.05) is 74.5 Å². The van der Waals surface area contributed by atoms with Crippen molar-refractivity contribution >= 4 is 21.6 Å². The maximum absolute atomic E-state index is 12.7. The number of hydrogen-bond donors (Lipinski definition) is 1. The third-order valence-corrected chi connectivity index (χ3v) is 6.94. The standard InChI is InChI=1S/C27H32N2O3S/c1-5-23-13-9-10-20(2)26(23)29(33(4,31)32)19-22-14-16-25(17-15-22)27(30)28-18-21(3)24-11-7-6-8-12-24/h6-17,21H,5,18-19H2,1-4H3,(H,28,30)/t21-/m0/s1. The van der Waals surface area contributed by atoms with Crippen molar-refractivity contribution in [3.63, 3.8) is 0 Å². The molecule has 0 unspecified atom stereocenters. The average molecular weight is 465 g/mol. The third kappa shape index (κ3) is 6.23. The number of para-hydroxylation sites is 1. The normalized spacial score (nSPS) is 12.2. The number of nitrogens with zero attached hydrogens (tertiary/aromatic N) is 1. The Balaban J connectivity index is 1.73. The zero-order valence-corrected chi connectivity index (χ0v) is 20.5. The zero-order valence-electron chi connectivity index (χ0n) is 19.7. The number of carbonyl (C=O) groups is 1. The summed E-state index contributed by atoms with van der Waals surface area (Å²) in [7, 11) is -3.49. The predicted octanol–water partition coefficient (Wildman–Crippen LogP) is 5.06. The lowest BCUT2D eigenvalue weighted by molar-refractivity contribution is 0.0951. The number of benzene rings is 3. The van der Waals surface area contributed by atoms with Gasteiger partial charge in [-0.3, -0.25) is 9.10 Å². The van der Waals surface area contributed by atoms with E-state index in [4.69, 9.17) is 0 Å². The molecule has 0 aliphatic carbocycles. The maximum Gasteiger partial charge on any atom is 0.251 e. The first-order valence-electron chi connectivity index (χ1n) is 11.2. The van der Waals surface area contributed by atoms with Crippen LogP contribution in [0.3, 0.4) is 0 Å². The first-order valence-corrected chi connectivity index (χ1v) is 13.0. The van der Waals surface area contributed by atoms with Crippen LogP contribution in [0.1, 0.15) is 52.4 Å². The molecule has 3 rings (SSSR count). The van der Waals surface area contributed by atoms with E-state index in [-0.39, 0.29) is 18.4 Å². The summed E-state index contributed by atoms with van der Waals surface area (Å²) < 4.78 is 26.8. The Hall–Kier alpha value is -3.12. The van der Waals surface area contributed by atoms with Crippen molar-refractivity contribution in [2.75, 3.05) is 17.1 Å². The highest BCUT2D eigenvalue weighted by molar-refractivity contribution is 7.92. The Morgan fingerprint density at radius 3 is 2.24 bits per heavy atom. The molecule has 1 N–H and O–H groups in total. The fourth-order valence-corrected chi connectivity index (χ4v) is 4.88. The van der Waals surface area contributed by atoms with Crippen LogP contribution in [-0.4, -0.2) is 27.1 Å². The van der Waals surface area contributed by atoms with E-state index in [1.54, 1.807) is 12.1 Å². The maximum atomic E-state index is 12.7. The molecule has 3 aromatic carbocycles. The number of hydrogen-bond acceptors (Lipinski definition) is 3. The van der Waals surface area contributed by atoms with E-state index in [1.807, 2.05) is 62.4 Å². The Labute approximate surface area is 197 Å². The van der Waals surface area contributed by atoms with Crippen molar-refractivity contribution < 1.29 is 13.2 Å². The molecule has 0 saturated carbocycles. The summed E-state index contributed by atoms with van der Waals surface area (Å²) >= 11 is 0. The summed E-state index contributed by atoms with van der Waals surface area (Å²) in [6, 6.07) is 23.0. The van der Waals surface area contributed by atoms with Crippen LogP contribution in [0.2, 0.25) is 0 Å². The van der Waals surface area contributed by atoms with Gasteiger partial charge < -0.3 is 5.32 Å². The van der Waals surface area contributed by atoms with E-state index in [0.29, 0.717) is 12.1 Å². The molecule has 0 fully saturated rings. The minimum atomic E-state index is -3.49. The van der Waals surface area contributed by atoms with Crippen molar-refractivity contribution in [1.29, 1.82) is 0 Å². The second kappa shape index (κ2) is 10.7. The highest BCUT2D eigenvalue weighted by Crippen LogP contribution is 2.29. The number of sulfonamides is 1. The fraction of sp³-hybridized carbons (Fsp3) is 0.296. The Morgan fingerprint density at radius 1 is 0.970 bits per heavy atom. The quantitative estimate of drug-likeness (QED) is 0.481. The van der Waals surface area contributed by atoms with E-state index < -0.39 is 10.0 Å². The van der Waals surface area contributed by atoms with E-state index in [2.05, 4.69) is 24.4 Å². The van der Waals surface area contributed by atoms with Gasteiger partial charge in [0.25, 0.3) is 5.91 Å². The lowest BCUT2D eigenvalue weighted by Crippen LogP contribution is -2.31. The molecule has 0 heterocycles. The number of nitrogens with one attached hydrogen (secondary N) is 1. The smallest absolute Gasteiger partial charge is 0.251 e. The lowest BCUT2D eigenvalue weighted by atomic mass is 10.0. The van der Waals surface area contributed by atoms with Crippen molar-refractivity contribution in [2.24, 2.45) is 0 Å². The van der Waals surface area contributed by atoms with Gasteiger partial charge in [-0.25, -0.2) is 8.42 Å². The molecule has 0 aliphatic heterocycles. The topological polar surface area (TPSA) is 66.5 Å². The molecule has 1 amide bonds. The molecule has 3 aromatic rings. The summed E-state index contributed by atoms with van der Waals surface area (Å²) in [4.78, 5) is 12.6. The predicted molar refractivity (Wildman–Crippen MR) is 135 cm³/mol. The Bertz CT molecular complexity index is 1190. The number of anilines is 1. The fourth-order valence-electron chi connectivity index (χ4n) is 3.90. The van der Waals surface area contributed by atoms with Gasteiger partial charge in [0.1, 0.15) is 0 Å². The number of amides is 1. The van der Waals surface area contributed by atoms with Crippen LogP contribution < -0.4 is 9.62 Å². The molecule has 0 saturated heterocycles. The molecule has 6 heteroatoms. The summed E-state index contributed by atoms with van der Waals surface area (Å²) in [5.74, 6) is 0.0658. The van der Waals surface area contributed by atoms with E-state index in [9.17, 15) is 13.2 Å². The van der Waals surface area contributed by atoms with Crippen molar-refractivity contribution in [3.8, 4) is 0 Å². The molecular weight excluding hydrogens is 432 g/mol. The zero-order chi connectivity index (χ0) is 24.0. The molecule has 0 aromatic heterocycles.